The number of unbranched alkanes of at least 4 members (excludes halogenated alkanes) is 1. The van der Waals surface area contributed by atoms with Crippen molar-refractivity contribution in [3.63, 3.8) is 0 Å². The van der Waals surface area contributed by atoms with Crippen LogP contribution in [0.4, 0.5) is 0 Å². The van der Waals surface area contributed by atoms with Gasteiger partial charge in [0.15, 0.2) is 0 Å². The summed E-state index contributed by atoms with van der Waals surface area (Å²) < 4.78 is 5.12. The summed E-state index contributed by atoms with van der Waals surface area (Å²) in [5.41, 5.74) is 0. The third-order valence-electron chi connectivity index (χ3n) is 2.61. The molecule has 0 aliphatic heterocycles. The maximum atomic E-state index is 11.5. The maximum Gasteiger partial charge on any atom is 0.311 e. The standard InChI is InChI=1S/C15H21NO3/c1-2-3-12-16-14(17)10-7-11-15(18)19-13-8-5-4-6-9-13/h4-6,8-9H,2-3,7,10-12H2,1H3,(H,16,17). The number of para-hydroxylation sites is 1. The lowest BCUT2D eigenvalue weighted by Crippen LogP contribution is -2.24. The number of esters is 1. The van der Waals surface area contributed by atoms with Crippen LogP contribution in [0.1, 0.15) is 39.0 Å². The molecule has 0 aliphatic rings. The lowest BCUT2D eigenvalue weighted by atomic mass is 10.2. The molecule has 0 aliphatic carbocycles. The van der Waals surface area contributed by atoms with Crippen molar-refractivity contribution in [1.82, 2.24) is 5.32 Å². The highest BCUT2D eigenvalue weighted by Crippen LogP contribution is 2.10. The molecule has 19 heavy (non-hydrogen) atoms. The molecule has 1 aromatic rings. The van der Waals surface area contributed by atoms with Crippen molar-refractivity contribution in [2.24, 2.45) is 0 Å². The number of nitrogens with one attached hydrogen (secondary N) is 1. The molecule has 1 amide bonds. The van der Waals surface area contributed by atoms with E-state index >= 15 is 0 Å². The minimum atomic E-state index is -0.299. The SMILES string of the molecule is CCCCNC(=O)CCCC(=O)Oc1ccccc1. The molecule has 0 fully saturated rings. The molecule has 1 aromatic carbocycles. The van der Waals surface area contributed by atoms with Gasteiger partial charge >= 0.3 is 5.97 Å². The first-order valence-corrected chi connectivity index (χ1v) is 6.74. The molecule has 0 saturated carbocycles. The lowest BCUT2D eigenvalue weighted by Gasteiger charge is -2.05. The Balaban J connectivity index is 2.12. The Morgan fingerprint density at radius 3 is 2.53 bits per heavy atom. The highest BCUT2D eigenvalue weighted by Gasteiger charge is 2.06. The Morgan fingerprint density at radius 2 is 1.84 bits per heavy atom. The first-order valence-electron chi connectivity index (χ1n) is 6.74. The summed E-state index contributed by atoms with van der Waals surface area (Å²) in [5, 5.41) is 2.82. The molecule has 4 nitrogen and oxygen atoms in total. The number of carbonyl (C=O) groups excluding carboxylic acids is 2. The van der Waals surface area contributed by atoms with Crippen LogP contribution in [0.15, 0.2) is 30.3 Å². The number of hydrogen-bond acceptors (Lipinski definition) is 3. The molecule has 0 spiro atoms. The fourth-order valence-corrected chi connectivity index (χ4v) is 1.56. The largest absolute Gasteiger partial charge is 0.427 e. The van der Waals surface area contributed by atoms with E-state index in [0.29, 0.717) is 25.1 Å². The van der Waals surface area contributed by atoms with Gasteiger partial charge in [-0.05, 0) is 25.0 Å². The average molecular weight is 263 g/mol. The van der Waals surface area contributed by atoms with Crippen molar-refractivity contribution < 1.29 is 14.3 Å². The quantitative estimate of drug-likeness (QED) is 0.445. The predicted octanol–water partition coefficient (Wildman–Crippen LogP) is 2.68. The lowest BCUT2D eigenvalue weighted by molar-refractivity contribution is -0.134. The second kappa shape index (κ2) is 9.14. The van der Waals surface area contributed by atoms with Crippen molar-refractivity contribution in [2.75, 3.05) is 6.54 Å². The van der Waals surface area contributed by atoms with E-state index in [-0.39, 0.29) is 18.3 Å². The van der Waals surface area contributed by atoms with Crippen molar-refractivity contribution in [3.05, 3.63) is 30.3 Å². The molecule has 0 unspecified atom stereocenters. The number of ether oxygens (including phenoxy) is 1. The second-order valence-corrected chi connectivity index (χ2v) is 4.34. The summed E-state index contributed by atoms with van der Waals surface area (Å²) in [6, 6.07) is 8.94. The van der Waals surface area contributed by atoms with Gasteiger partial charge < -0.3 is 10.1 Å². The fraction of sp³-hybridized carbons (Fsp3) is 0.467. The van der Waals surface area contributed by atoms with Gasteiger partial charge in [-0.15, -0.1) is 0 Å². The van der Waals surface area contributed by atoms with Gasteiger partial charge in [0.05, 0.1) is 0 Å². The van der Waals surface area contributed by atoms with Gasteiger partial charge in [-0.1, -0.05) is 31.5 Å². The van der Waals surface area contributed by atoms with Crippen LogP contribution in [-0.2, 0) is 9.59 Å². The molecule has 104 valence electrons. The number of rotatable bonds is 8. The van der Waals surface area contributed by atoms with Gasteiger partial charge in [-0.2, -0.15) is 0 Å². The number of hydrogen-bond donors (Lipinski definition) is 1. The highest BCUT2D eigenvalue weighted by molar-refractivity contribution is 5.77. The fourth-order valence-electron chi connectivity index (χ4n) is 1.56. The Labute approximate surface area is 114 Å². The number of benzene rings is 1. The van der Waals surface area contributed by atoms with E-state index in [1.807, 2.05) is 18.2 Å². The van der Waals surface area contributed by atoms with Crippen LogP contribution in [-0.4, -0.2) is 18.4 Å². The summed E-state index contributed by atoms with van der Waals surface area (Å²) in [6.07, 6.45) is 3.19. The molecule has 0 radical (unpaired) electrons. The molecule has 0 bridgehead atoms. The van der Waals surface area contributed by atoms with Gasteiger partial charge in [-0.3, -0.25) is 9.59 Å². The van der Waals surface area contributed by atoms with Crippen molar-refractivity contribution in [2.45, 2.75) is 39.0 Å². The van der Waals surface area contributed by atoms with Crippen LogP contribution < -0.4 is 10.1 Å². The van der Waals surface area contributed by atoms with E-state index in [4.69, 9.17) is 4.74 Å². The van der Waals surface area contributed by atoms with Crippen LogP contribution in [0.3, 0.4) is 0 Å². The molecule has 1 N–H and O–H groups in total. The summed E-state index contributed by atoms with van der Waals surface area (Å²) >= 11 is 0. The van der Waals surface area contributed by atoms with Crippen molar-refractivity contribution >= 4 is 11.9 Å². The van der Waals surface area contributed by atoms with E-state index in [0.717, 1.165) is 12.8 Å². The molecule has 0 aromatic heterocycles. The minimum Gasteiger partial charge on any atom is -0.427 e. The second-order valence-electron chi connectivity index (χ2n) is 4.34. The predicted molar refractivity (Wildman–Crippen MR) is 73.8 cm³/mol. The van der Waals surface area contributed by atoms with Crippen molar-refractivity contribution in [3.8, 4) is 5.75 Å². The zero-order valence-electron chi connectivity index (χ0n) is 11.4. The van der Waals surface area contributed by atoms with E-state index < -0.39 is 0 Å². The Hall–Kier alpha value is -1.84. The summed E-state index contributed by atoms with van der Waals surface area (Å²) in [4.78, 5) is 22.9. The normalized spacial score (nSPS) is 9.95. The van der Waals surface area contributed by atoms with Gasteiger partial charge in [0, 0.05) is 19.4 Å². The molecular formula is C15H21NO3. The first-order chi connectivity index (χ1) is 9.22. The van der Waals surface area contributed by atoms with E-state index in [1.54, 1.807) is 12.1 Å². The zero-order valence-corrected chi connectivity index (χ0v) is 11.4. The van der Waals surface area contributed by atoms with Gasteiger partial charge in [0.2, 0.25) is 5.91 Å². The smallest absolute Gasteiger partial charge is 0.311 e. The minimum absolute atomic E-state index is 0.000890. The molecule has 0 saturated heterocycles. The topological polar surface area (TPSA) is 55.4 Å². The third kappa shape index (κ3) is 7.24. The molecular weight excluding hydrogens is 242 g/mol. The summed E-state index contributed by atoms with van der Waals surface area (Å²) in [6.45, 7) is 2.79. The van der Waals surface area contributed by atoms with Crippen LogP contribution in [0.25, 0.3) is 0 Å². The van der Waals surface area contributed by atoms with E-state index in [2.05, 4.69) is 12.2 Å². The summed E-state index contributed by atoms with van der Waals surface area (Å²) in [5.74, 6) is 0.244. The molecule has 4 heteroatoms. The number of amides is 1. The van der Waals surface area contributed by atoms with Crippen molar-refractivity contribution in [1.29, 1.82) is 0 Å². The Morgan fingerprint density at radius 1 is 1.11 bits per heavy atom. The van der Waals surface area contributed by atoms with Crippen LogP contribution in [0.2, 0.25) is 0 Å². The molecule has 0 atom stereocenters. The van der Waals surface area contributed by atoms with Crippen LogP contribution >= 0.6 is 0 Å². The monoisotopic (exact) mass is 263 g/mol. The zero-order chi connectivity index (χ0) is 13.9. The highest BCUT2D eigenvalue weighted by atomic mass is 16.5. The van der Waals surface area contributed by atoms with Gasteiger partial charge in [0.25, 0.3) is 0 Å². The average Bonchev–Trinajstić information content (AvgIpc) is 2.40. The van der Waals surface area contributed by atoms with Crippen LogP contribution in [0.5, 0.6) is 5.75 Å². The van der Waals surface area contributed by atoms with Crippen LogP contribution in [0, 0.1) is 0 Å². The Bertz CT molecular complexity index is 390. The maximum absolute atomic E-state index is 11.5. The van der Waals surface area contributed by atoms with E-state index in [9.17, 15) is 9.59 Å². The summed E-state index contributed by atoms with van der Waals surface area (Å²) in [7, 11) is 0. The third-order valence-corrected chi connectivity index (χ3v) is 2.61. The van der Waals surface area contributed by atoms with Gasteiger partial charge in [0.1, 0.15) is 5.75 Å². The molecule has 1 rings (SSSR count). The van der Waals surface area contributed by atoms with E-state index in [1.165, 1.54) is 0 Å². The number of carbonyl (C=O) groups is 2. The molecule has 0 heterocycles. The Kier molecular flexibility index (Phi) is 7.32. The first kappa shape index (κ1) is 15.2. The van der Waals surface area contributed by atoms with Gasteiger partial charge in [-0.25, -0.2) is 0 Å².